The molecule has 4 nitrogen and oxygen atoms in total. The van der Waals surface area contributed by atoms with Gasteiger partial charge < -0.3 is 14.8 Å². The largest absolute Gasteiger partial charge is 0.494 e. The van der Waals surface area contributed by atoms with Crippen LogP contribution in [0.1, 0.15) is 18.0 Å². The Kier molecular flexibility index (Phi) is 3.45. The quantitative estimate of drug-likeness (QED) is 0.924. The van der Waals surface area contributed by atoms with Crippen LogP contribution in [0.5, 0.6) is 5.75 Å². The fourth-order valence-electron chi connectivity index (χ4n) is 2.05. The summed E-state index contributed by atoms with van der Waals surface area (Å²) in [5.41, 5.74) is 1.03. The van der Waals surface area contributed by atoms with E-state index in [2.05, 4.69) is 16.4 Å². The van der Waals surface area contributed by atoms with Gasteiger partial charge in [0.2, 0.25) is 0 Å². The minimum absolute atomic E-state index is 0.228. The van der Waals surface area contributed by atoms with E-state index in [9.17, 15) is 0 Å². The molecule has 1 N–H and O–H groups in total. The number of benzene rings is 1. The lowest BCUT2D eigenvalue weighted by atomic mass is 10.3. The molecule has 1 unspecified atom stereocenters. The number of fused-ring (bicyclic) bond motifs is 1. The van der Waals surface area contributed by atoms with Gasteiger partial charge in [-0.3, -0.25) is 0 Å². The molecule has 2 aromatic rings. The van der Waals surface area contributed by atoms with E-state index in [4.69, 9.17) is 9.47 Å². The summed E-state index contributed by atoms with van der Waals surface area (Å²) in [6, 6.07) is 6.28. The molecule has 0 bridgehead atoms. The van der Waals surface area contributed by atoms with Gasteiger partial charge in [0.25, 0.3) is 0 Å². The Hall–Kier alpha value is -1.17. The molecular weight excluding hydrogens is 248 g/mol. The van der Waals surface area contributed by atoms with Gasteiger partial charge >= 0.3 is 0 Å². The standard InChI is InChI=1S/C13H16N2O2S/c1-2-17-9-3-4-10-12(7-9)18-13(15-10)11-8-16-6-5-14-11/h3-4,7,11,14H,2,5-6,8H2,1H3. The molecule has 96 valence electrons. The molecule has 1 aliphatic rings. The molecule has 1 aromatic carbocycles. The van der Waals surface area contributed by atoms with E-state index in [1.54, 1.807) is 11.3 Å². The molecule has 3 rings (SSSR count). The van der Waals surface area contributed by atoms with Crippen molar-refractivity contribution in [3.63, 3.8) is 0 Å². The molecule has 18 heavy (non-hydrogen) atoms. The van der Waals surface area contributed by atoms with Crippen molar-refractivity contribution in [1.29, 1.82) is 0 Å². The second kappa shape index (κ2) is 5.22. The highest BCUT2D eigenvalue weighted by atomic mass is 32.1. The number of ether oxygens (including phenoxy) is 2. The number of nitrogens with one attached hydrogen (secondary N) is 1. The van der Waals surface area contributed by atoms with Crippen molar-refractivity contribution < 1.29 is 9.47 Å². The summed E-state index contributed by atoms with van der Waals surface area (Å²) in [6.07, 6.45) is 0. The molecule has 1 aromatic heterocycles. The van der Waals surface area contributed by atoms with Crippen LogP contribution >= 0.6 is 11.3 Å². The van der Waals surface area contributed by atoms with Crippen LogP contribution in [0.3, 0.4) is 0 Å². The lowest BCUT2D eigenvalue weighted by molar-refractivity contribution is 0.0768. The van der Waals surface area contributed by atoms with E-state index in [0.29, 0.717) is 13.2 Å². The predicted octanol–water partition coefficient (Wildman–Crippen LogP) is 2.36. The summed E-state index contributed by atoms with van der Waals surface area (Å²) in [5, 5.41) is 4.52. The first-order valence-electron chi connectivity index (χ1n) is 6.21. The Morgan fingerprint density at radius 2 is 2.50 bits per heavy atom. The van der Waals surface area contributed by atoms with Crippen LogP contribution in [0, 0.1) is 0 Å². The van der Waals surface area contributed by atoms with Gasteiger partial charge in [0.1, 0.15) is 10.8 Å². The van der Waals surface area contributed by atoms with E-state index in [1.165, 1.54) is 4.70 Å². The highest BCUT2D eigenvalue weighted by Gasteiger charge is 2.19. The zero-order valence-corrected chi connectivity index (χ0v) is 11.1. The van der Waals surface area contributed by atoms with Gasteiger partial charge in [-0.1, -0.05) is 0 Å². The fraction of sp³-hybridized carbons (Fsp3) is 0.462. The highest BCUT2D eigenvalue weighted by molar-refractivity contribution is 7.18. The second-order valence-corrected chi connectivity index (χ2v) is 5.26. The SMILES string of the molecule is CCOc1ccc2nc(C3COCCN3)sc2c1. The molecule has 5 heteroatoms. The maximum Gasteiger partial charge on any atom is 0.120 e. The van der Waals surface area contributed by atoms with Crippen molar-refractivity contribution in [3.8, 4) is 5.75 Å². The van der Waals surface area contributed by atoms with Gasteiger partial charge in [-0.05, 0) is 25.1 Å². The zero-order valence-electron chi connectivity index (χ0n) is 10.3. The predicted molar refractivity (Wildman–Crippen MR) is 72.4 cm³/mol. The van der Waals surface area contributed by atoms with Crippen LogP contribution in [0.4, 0.5) is 0 Å². The van der Waals surface area contributed by atoms with Crippen molar-refractivity contribution in [2.24, 2.45) is 0 Å². The molecule has 1 fully saturated rings. The van der Waals surface area contributed by atoms with Crippen LogP contribution in [-0.2, 0) is 4.74 Å². The van der Waals surface area contributed by atoms with E-state index >= 15 is 0 Å². The third-order valence-electron chi connectivity index (χ3n) is 2.91. The first-order valence-corrected chi connectivity index (χ1v) is 7.03. The number of rotatable bonds is 3. The molecular formula is C13H16N2O2S. The number of nitrogens with zero attached hydrogens (tertiary/aromatic N) is 1. The average molecular weight is 264 g/mol. The lowest BCUT2D eigenvalue weighted by Crippen LogP contribution is -2.34. The topological polar surface area (TPSA) is 43.4 Å². The van der Waals surface area contributed by atoms with Crippen LogP contribution in [0.15, 0.2) is 18.2 Å². The molecule has 2 heterocycles. The molecule has 0 saturated carbocycles. The summed E-state index contributed by atoms with van der Waals surface area (Å²) in [5.74, 6) is 0.910. The number of aromatic nitrogens is 1. The molecule has 0 spiro atoms. The smallest absolute Gasteiger partial charge is 0.120 e. The fourth-order valence-corrected chi connectivity index (χ4v) is 3.11. The van der Waals surface area contributed by atoms with E-state index < -0.39 is 0 Å². The van der Waals surface area contributed by atoms with Crippen LogP contribution in [0.2, 0.25) is 0 Å². The Morgan fingerprint density at radius 1 is 1.56 bits per heavy atom. The van der Waals surface area contributed by atoms with Crippen molar-refractivity contribution in [2.45, 2.75) is 13.0 Å². The normalized spacial score (nSPS) is 20.2. The second-order valence-electron chi connectivity index (χ2n) is 4.20. The first kappa shape index (κ1) is 11.9. The zero-order chi connectivity index (χ0) is 12.4. The van der Waals surface area contributed by atoms with Crippen LogP contribution in [0.25, 0.3) is 10.2 Å². The highest BCUT2D eigenvalue weighted by Crippen LogP contribution is 2.30. The van der Waals surface area contributed by atoms with E-state index in [1.807, 2.05) is 19.1 Å². The minimum atomic E-state index is 0.228. The number of hydrogen-bond donors (Lipinski definition) is 1. The van der Waals surface area contributed by atoms with Crippen molar-refractivity contribution >= 4 is 21.6 Å². The van der Waals surface area contributed by atoms with Crippen LogP contribution in [-0.4, -0.2) is 31.3 Å². The average Bonchev–Trinajstić information content (AvgIpc) is 2.83. The minimum Gasteiger partial charge on any atom is -0.494 e. The summed E-state index contributed by atoms with van der Waals surface area (Å²) < 4.78 is 12.2. The molecule has 1 aliphatic heterocycles. The number of hydrogen-bond acceptors (Lipinski definition) is 5. The van der Waals surface area contributed by atoms with E-state index in [-0.39, 0.29) is 6.04 Å². The van der Waals surface area contributed by atoms with Gasteiger partial charge in [0, 0.05) is 6.54 Å². The summed E-state index contributed by atoms with van der Waals surface area (Å²) in [4.78, 5) is 4.66. The van der Waals surface area contributed by atoms with Gasteiger partial charge in [-0.2, -0.15) is 0 Å². The first-order chi connectivity index (χ1) is 8.86. The van der Waals surface area contributed by atoms with Gasteiger partial charge in [-0.15, -0.1) is 11.3 Å². The van der Waals surface area contributed by atoms with Crippen molar-refractivity contribution in [2.75, 3.05) is 26.4 Å². The summed E-state index contributed by atoms with van der Waals surface area (Å²) >= 11 is 1.71. The third-order valence-corrected chi connectivity index (χ3v) is 4.04. The van der Waals surface area contributed by atoms with Crippen molar-refractivity contribution in [3.05, 3.63) is 23.2 Å². The summed E-state index contributed by atoms with van der Waals surface area (Å²) in [6.45, 7) is 5.07. The summed E-state index contributed by atoms with van der Waals surface area (Å²) in [7, 11) is 0. The monoisotopic (exact) mass is 264 g/mol. The van der Waals surface area contributed by atoms with Gasteiger partial charge in [-0.25, -0.2) is 4.98 Å². The van der Waals surface area contributed by atoms with E-state index in [0.717, 1.165) is 29.4 Å². The Balaban J connectivity index is 1.89. The lowest BCUT2D eigenvalue weighted by Gasteiger charge is -2.21. The number of thiazole rings is 1. The number of morpholine rings is 1. The van der Waals surface area contributed by atoms with Crippen LogP contribution < -0.4 is 10.1 Å². The van der Waals surface area contributed by atoms with Gasteiger partial charge in [0.15, 0.2) is 0 Å². The maximum absolute atomic E-state index is 5.51. The Labute approximate surface area is 110 Å². The van der Waals surface area contributed by atoms with Gasteiger partial charge in [0.05, 0.1) is 36.1 Å². The Bertz CT molecular complexity index is 535. The maximum atomic E-state index is 5.51. The third kappa shape index (κ3) is 2.34. The van der Waals surface area contributed by atoms with Crippen molar-refractivity contribution in [1.82, 2.24) is 10.3 Å². The molecule has 1 atom stereocenters. The molecule has 0 amide bonds. The molecule has 0 aliphatic carbocycles. The molecule has 0 radical (unpaired) electrons. The molecule has 1 saturated heterocycles. The Morgan fingerprint density at radius 3 is 3.28 bits per heavy atom.